The standard InChI is InChI=1S/C18H16ClN4/c19-13-18-22(20-14-16-7-3-1-4-8-16)11-12-23(18)21-15-17-9-5-2-6-10-17/h1-12,14-15H,13H2/q+1/b20-14-,21-15-. The molecule has 1 aromatic heterocycles. The molecule has 0 amide bonds. The smallest absolute Gasteiger partial charge is 0.113 e. The van der Waals surface area contributed by atoms with E-state index in [9.17, 15) is 0 Å². The van der Waals surface area contributed by atoms with E-state index >= 15 is 0 Å². The molecule has 2 aromatic carbocycles. The van der Waals surface area contributed by atoms with E-state index in [0.29, 0.717) is 5.88 Å². The molecule has 4 nitrogen and oxygen atoms in total. The van der Waals surface area contributed by atoms with Crippen molar-refractivity contribution in [3.63, 3.8) is 0 Å². The van der Waals surface area contributed by atoms with Crippen LogP contribution >= 0.6 is 11.6 Å². The van der Waals surface area contributed by atoms with Crippen molar-refractivity contribution in [2.45, 2.75) is 5.88 Å². The maximum absolute atomic E-state index is 6.05. The largest absolute Gasteiger partial charge is 0.322 e. The number of imidazole rings is 1. The summed E-state index contributed by atoms with van der Waals surface area (Å²) in [7, 11) is 0. The van der Waals surface area contributed by atoms with Gasteiger partial charge in [0.15, 0.2) is 12.4 Å². The molecule has 0 aliphatic carbocycles. The summed E-state index contributed by atoms with van der Waals surface area (Å²) in [5, 5.41) is 8.87. The first-order valence-corrected chi connectivity index (χ1v) is 7.77. The summed E-state index contributed by atoms with van der Waals surface area (Å²) in [6.07, 6.45) is 7.25. The number of benzene rings is 2. The average Bonchev–Trinajstić information content (AvgIpc) is 3.02. The van der Waals surface area contributed by atoms with E-state index in [0.717, 1.165) is 17.0 Å². The number of rotatable bonds is 5. The van der Waals surface area contributed by atoms with Gasteiger partial charge in [0.2, 0.25) is 0 Å². The Morgan fingerprint density at radius 3 is 2.13 bits per heavy atom. The Morgan fingerprint density at radius 1 is 0.913 bits per heavy atom. The van der Waals surface area contributed by atoms with Gasteiger partial charge in [-0.15, -0.1) is 21.0 Å². The van der Waals surface area contributed by atoms with Gasteiger partial charge in [0.1, 0.15) is 5.88 Å². The minimum Gasteiger partial charge on any atom is -0.113 e. The van der Waals surface area contributed by atoms with Crippen LogP contribution in [0.3, 0.4) is 0 Å². The Bertz CT molecular complexity index is 741. The van der Waals surface area contributed by atoms with Crippen molar-refractivity contribution in [2.24, 2.45) is 10.2 Å². The van der Waals surface area contributed by atoms with E-state index in [4.69, 9.17) is 11.6 Å². The molecule has 0 radical (unpaired) electrons. The third-order valence-corrected chi connectivity index (χ3v) is 3.50. The molecule has 1 heterocycles. The average molecular weight is 324 g/mol. The van der Waals surface area contributed by atoms with Crippen LogP contribution in [0.4, 0.5) is 0 Å². The first kappa shape index (κ1) is 15.2. The summed E-state index contributed by atoms with van der Waals surface area (Å²) in [6, 6.07) is 19.8. The van der Waals surface area contributed by atoms with Crippen LogP contribution < -0.4 is 4.68 Å². The van der Waals surface area contributed by atoms with E-state index < -0.39 is 0 Å². The molecule has 0 aliphatic rings. The maximum atomic E-state index is 6.05. The van der Waals surface area contributed by atoms with Gasteiger partial charge in [-0.1, -0.05) is 70.9 Å². The van der Waals surface area contributed by atoms with Crippen molar-refractivity contribution in [3.8, 4) is 0 Å². The molecular formula is C18H16ClN4+. The van der Waals surface area contributed by atoms with Crippen molar-refractivity contribution in [3.05, 3.63) is 90.0 Å². The van der Waals surface area contributed by atoms with Crippen LogP contribution in [0.15, 0.2) is 83.3 Å². The normalized spacial score (nSPS) is 11.5. The molecular weight excluding hydrogens is 308 g/mol. The molecule has 3 rings (SSSR count). The molecule has 5 heteroatoms. The Balaban J connectivity index is 1.82. The SMILES string of the molecule is ClCc1n(/N=C\c2ccccc2)cc[n+]1/N=C\c1ccccc1. The number of hydrogen-bond acceptors (Lipinski definition) is 2. The molecule has 0 aliphatic heterocycles. The zero-order valence-electron chi connectivity index (χ0n) is 12.5. The van der Waals surface area contributed by atoms with E-state index in [2.05, 4.69) is 10.2 Å². The zero-order chi connectivity index (χ0) is 15.9. The summed E-state index contributed by atoms with van der Waals surface area (Å²) in [6.45, 7) is 0. The Kier molecular flexibility index (Phi) is 4.96. The van der Waals surface area contributed by atoms with Crippen LogP contribution in [-0.2, 0) is 5.88 Å². The highest BCUT2D eigenvalue weighted by atomic mass is 35.5. The first-order valence-electron chi connectivity index (χ1n) is 7.23. The predicted molar refractivity (Wildman–Crippen MR) is 93.1 cm³/mol. The number of aromatic nitrogens is 2. The van der Waals surface area contributed by atoms with Crippen LogP contribution in [0.5, 0.6) is 0 Å². The molecule has 0 fully saturated rings. The lowest BCUT2D eigenvalue weighted by Crippen LogP contribution is -2.30. The Morgan fingerprint density at radius 2 is 1.52 bits per heavy atom. The fourth-order valence-electron chi connectivity index (χ4n) is 2.07. The quantitative estimate of drug-likeness (QED) is 0.392. The molecule has 23 heavy (non-hydrogen) atoms. The lowest BCUT2D eigenvalue weighted by atomic mass is 10.2. The highest BCUT2D eigenvalue weighted by molar-refractivity contribution is 6.16. The van der Waals surface area contributed by atoms with Gasteiger partial charge in [-0.05, 0) is 11.1 Å². The Hall–Kier alpha value is -2.72. The number of alkyl halides is 1. The molecule has 0 unspecified atom stereocenters. The minimum absolute atomic E-state index is 0.311. The Labute approximate surface area is 140 Å². The van der Waals surface area contributed by atoms with Gasteiger partial charge in [0.05, 0.1) is 12.4 Å². The van der Waals surface area contributed by atoms with Crippen molar-refractivity contribution in [1.29, 1.82) is 0 Å². The van der Waals surface area contributed by atoms with Gasteiger partial charge in [-0.25, -0.2) is 0 Å². The van der Waals surface area contributed by atoms with Gasteiger partial charge >= 0.3 is 5.82 Å². The lowest BCUT2D eigenvalue weighted by molar-refractivity contribution is -0.684. The molecule has 0 saturated heterocycles. The molecule has 0 N–H and O–H groups in total. The summed E-state index contributed by atoms with van der Waals surface area (Å²) >= 11 is 6.05. The third kappa shape index (κ3) is 3.93. The lowest BCUT2D eigenvalue weighted by Gasteiger charge is -1.93. The molecule has 0 atom stereocenters. The van der Waals surface area contributed by atoms with Crippen molar-refractivity contribution >= 4 is 24.0 Å². The number of hydrogen-bond donors (Lipinski definition) is 0. The first-order chi connectivity index (χ1) is 11.4. The molecule has 0 bridgehead atoms. The molecule has 3 aromatic rings. The van der Waals surface area contributed by atoms with Crippen LogP contribution in [0.1, 0.15) is 17.0 Å². The van der Waals surface area contributed by atoms with Gasteiger partial charge in [0, 0.05) is 0 Å². The second kappa shape index (κ2) is 7.51. The minimum atomic E-state index is 0.311. The molecule has 0 saturated carbocycles. The van der Waals surface area contributed by atoms with Crippen LogP contribution in [0.2, 0.25) is 0 Å². The summed E-state index contributed by atoms with van der Waals surface area (Å²) < 4.78 is 3.45. The van der Waals surface area contributed by atoms with Crippen LogP contribution in [0, 0.1) is 0 Å². The van der Waals surface area contributed by atoms with Crippen LogP contribution in [-0.4, -0.2) is 17.1 Å². The van der Waals surface area contributed by atoms with E-state index in [1.165, 1.54) is 0 Å². The van der Waals surface area contributed by atoms with E-state index in [-0.39, 0.29) is 0 Å². The second-order valence-corrected chi connectivity index (χ2v) is 5.11. The fraction of sp³-hybridized carbons (Fsp3) is 0.0556. The second-order valence-electron chi connectivity index (χ2n) is 4.85. The van der Waals surface area contributed by atoms with Crippen molar-refractivity contribution < 1.29 is 4.68 Å². The summed E-state index contributed by atoms with van der Waals surface area (Å²) in [4.78, 5) is 0. The summed E-state index contributed by atoms with van der Waals surface area (Å²) in [5.41, 5.74) is 2.06. The fourth-order valence-corrected chi connectivity index (χ4v) is 2.32. The van der Waals surface area contributed by atoms with Gasteiger partial charge in [-0.2, -0.15) is 0 Å². The number of nitrogens with zero attached hydrogens (tertiary/aromatic N) is 4. The summed E-state index contributed by atoms with van der Waals surface area (Å²) in [5.74, 6) is 1.09. The van der Waals surface area contributed by atoms with Crippen molar-refractivity contribution in [2.75, 3.05) is 0 Å². The highest BCUT2D eigenvalue weighted by Gasteiger charge is 2.15. The maximum Gasteiger partial charge on any atom is 0.322 e. The monoisotopic (exact) mass is 323 g/mol. The molecule has 114 valence electrons. The van der Waals surface area contributed by atoms with Crippen LogP contribution in [0.25, 0.3) is 0 Å². The molecule has 0 spiro atoms. The third-order valence-electron chi connectivity index (χ3n) is 3.26. The van der Waals surface area contributed by atoms with Gasteiger partial charge < -0.3 is 0 Å². The topological polar surface area (TPSA) is 33.5 Å². The van der Waals surface area contributed by atoms with Gasteiger partial charge in [-0.3, -0.25) is 0 Å². The number of halogens is 1. The zero-order valence-corrected chi connectivity index (χ0v) is 13.2. The van der Waals surface area contributed by atoms with Crippen molar-refractivity contribution in [1.82, 2.24) is 4.68 Å². The van der Waals surface area contributed by atoms with Gasteiger partial charge in [0.25, 0.3) is 0 Å². The van der Waals surface area contributed by atoms with E-state index in [1.807, 2.05) is 73.1 Å². The van der Waals surface area contributed by atoms with E-state index in [1.54, 1.807) is 21.8 Å². The highest BCUT2D eigenvalue weighted by Crippen LogP contribution is 2.02. The predicted octanol–water partition coefficient (Wildman–Crippen LogP) is 3.28.